The van der Waals surface area contributed by atoms with Gasteiger partial charge in [0.1, 0.15) is 6.29 Å². The fourth-order valence-corrected chi connectivity index (χ4v) is 2.26. The van der Waals surface area contributed by atoms with Crippen LogP contribution in [0.25, 0.3) is 0 Å². The zero-order valence-electron chi connectivity index (χ0n) is 12.1. The second-order valence-corrected chi connectivity index (χ2v) is 5.02. The molecule has 2 heterocycles. The Labute approximate surface area is 130 Å². The van der Waals surface area contributed by atoms with Crippen molar-refractivity contribution < 1.29 is 33.6 Å². The Morgan fingerprint density at radius 1 is 1.13 bits per heavy atom. The fourth-order valence-electron chi connectivity index (χ4n) is 2.26. The van der Waals surface area contributed by atoms with Gasteiger partial charge in [-0.25, -0.2) is 4.79 Å². The first-order valence-corrected chi connectivity index (χ1v) is 7.01. The predicted octanol–water partition coefficient (Wildman–Crippen LogP) is -0.744. The van der Waals surface area contributed by atoms with Gasteiger partial charge >= 0.3 is 5.97 Å². The molecule has 1 saturated heterocycles. The lowest BCUT2D eigenvalue weighted by Gasteiger charge is -2.20. The molecule has 0 aromatic heterocycles. The van der Waals surface area contributed by atoms with E-state index >= 15 is 0 Å². The highest BCUT2D eigenvalue weighted by atomic mass is 16.7. The van der Waals surface area contributed by atoms with Gasteiger partial charge in [-0.1, -0.05) is 0 Å². The highest BCUT2D eigenvalue weighted by Gasteiger charge is 2.33. The van der Waals surface area contributed by atoms with E-state index in [-0.39, 0.29) is 32.1 Å². The molecule has 0 spiro atoms. The van der Waals surface area contributed by atoms with Crippen molar-refractivity contribution in [1.29, 1.82) is 0 Å². The van der Waals surface area contributed by atoms with E-state index in [1.165, 1.54) is 0 Å². The smallest absolute Gasteiger partial charge is 0.330 e. The predicted molar refractivity (Wildman–Crippen MR) is 71.9 cm³/mol. The molecule has 1 atom stereocenters. The summed E-state index contributed by atoms with van der Waals surface area (Å²) in [6, 6.07) is -0.965. The van der Waals surface area contributed by atoms with Crippen LogP contribution >= 0.6 is 0 Å². The molecule has 23 heavy (non-hydrogen) atoms. The van der Waals surface area contributed by atoms with Crippen LogP contribution in [0, 0.1) is 0 Å². The summed E-state index contributed by atoms with van der Waals surface area (Å²) < 4.78 is 0. The number of carbonyl (C=O) groups excluding carboxylic acids is 6. The summed E-state index contributed by atoms with van der Waals surface area (Å²) in [7, 11) is 0. The van der Waals surface area contributed by atoms with Crippen LogP contribution < -0.4 is 0 Å². The van der Waals surface area contributed by atoms with Crippen LogP contribution in [-0.2, 0) is 33.6 Å². The molecule has 1 fully saturated rings. The van der Waals surface area contributed by atoms with Gasteiger partial charge in [0.25, 0.3) is 23.6 Å². The summed E-state index contributed by atoms with van der Waals surface area (Å²) in [6.45, 7) is 0. The summed E-state index contributed by atoms with van der Waals surface area (Å²) in [5, 5.41) is 0.441. The van der Waals surface area contributed by atoms with Crippen LogP contribution in [0.2, 0.25) is 0 Å². The van der Waals surface area contributed by atoms with Crippen LogP contribution in [0.4, 0.5) is 0 Å². The van der Waals surface area contributed by atoms with Gasteiger partial charge in [-0.2, -0.15) is 0 Å². The molecule has 0 N–H and O–H groups in total. The van der Waals surface area contributed by atoms with Crippen molar-refractivity contribution in [1.82, 2.24) is 9.96 Å². The number of hydroxylamine groups is 2. The van der Waals surface area contributed by atoms with Crippen molar-refractivity contribution >= 4 is 35.9 Å². The SMILES string of the molecule is O=CC(CCCC(=O)ON1C(=O)CCC1=O)N1C(=O)C=CC1=O. The van der Waals surface area contributed by atoms with Crippen molar-refractivity contribution in [2.45, 2.75) is 38.1 Å². The molecule has 9 nitrogen and oxygen atoms in total. The van der Waals surface area contributed by atoms with E-state index in [4.69, 9.17) is 0 Å². The highest BCUT2D eigenvalue weighted by molar-refractivity contribution is 6.14. The highest BCUT2D eigenvalue weighted by Crippen LogP contribution is 2.15. The number of aldehydes is 1. The quantitative estimate of drug-likeness (QED) is 0.447. The standard InChI is InChI=1S/C14H14N2O7/c17-8-9(15-10(18)4-5-11(15)19)2-1-3-14(22)23-16-12(20)6-7-13(16)21/h4-5,8-9H,1-3,6-7H2. The average molecular weight is 322 g/mol. The Bertz CT molecular complexity index is 576. The van der Waals surface area contributed by atoms with Crippen LogP contribution in [0.5, 0.6) is 0 Å². The molecule has 2 aliphatic heterocycles. The number of nitrogens with zero attached hydrogens (tertiary/aromatic N) is 2. The summed E-state index contributed by atoms with van der Waals surface area (Å²) in [6.07, 6.45) is 2.67. The molecule has 9 heteroatoms. The Morgan fingerprint density at radius 3 is 2.22 bits per heavy atom. The summed E-state index contributed by atoms with van der Waals surface area (Å²) in [4.78, 5) is 73.6. The summed E-state index contributed by atoms with van der Waals surface area (Å²) in [5.41, 5.74) is 0. The minimum atomic E-state index is -0.965. The third-order valence-electron chi connectivity index (χ3n) is 3.41. The van der Waals surface area contributed by atoms with Gasteiger partial charge in [-0.3, -0.25) is 24.1 Å². The Kier molecular flexibility index (Phi) is 4.99. The molecule has 4 amide bonds. The zero-order chi connectivity index (χ0) is 17.0. The van der Waals surface area contributed by atoms with Gasteiger partial charge in [0.2, 0.25) is 0 Å². The maximum atomic E-state index is 11.6. The number of hydrogen-bond acceptors (Lipinski definition) is 7. The van der Waals surface area contributed by atoms with Gasteiger partial charge in [0, 0.05) is 31.4 Å². The van der Waals surface area contributed by atoms with Gasteiger partial charge in [-0.15, -0.1) is 5.06 Å². The number of rotatable bonds is 7. The molecule has 0 saturated carbocycles. The second kappa shape index (κ2) is 6.95. The van der Waals surface area contributed by atoms with Crippen LogP contribution in [0.3, 0.4) is 0 Å². The minimum absolute atomic E-state index is 0.00547. The first kappa shape index (κ1) is 16.5. The van der Waals surface area contributed by atoms with E-state index in [2.05, 4.69) is 4.84 Å². The Morgan fingerprint density at radius 2 is 1.70 bits per heavy atom. The summed E-state index contributed by atoms with van der Waals surface area (Å²) in [5.74, 6) is -3.11. The molecule has 122 valence electrons. The lowest BCUT2D eigenvalue weighted by molar-refractivity contribution is -0.197. The Balaban J connectivity index is 1.79. The van der Waals surface area contributed by atoms with Gasteiger partial charge in [0.05, 0.1) is 6.04 Å². The van der Waals surface area contributed by atoms with Crippen molar-refractivity contribution in [2.75, 3.05) is 0 Å². The van der Waals surface area contributed by atoms with Crippen LogP contribution in [0.15, 0.2) is 12.2 Å². The second-order valence-electron chi connectivity index (χ2n) is 5.02. The average Bonchev–Trinajstić information content (AvgIpc) is 3.01. The maximum absolute atomic E-state index is 11.6. The van der Waals surface area contributed by atoms with E-state index in [9.17, 15) is 28.8 Å². The topological polar surface area (TPSA) is 118 Å². The van der Waals surface area contributed by atoms with E-state index in [1.807, 2.05) is 0 Å². The maximum Gasteiger partial charge on any atom is 0.333 e. The van der Waals surface area contributed by atoms with Gasteiger partial charge < -0.3 is 9.63 Å². The van der Waals surface area contributed by atoms with Crippen molar-refractivity contribution in [3.8, 4) is 0 Å². The first-order valence-electron chi connectivity index (χ1n) is 7.01. The minimum Gasteiger partial charge on any atom is -0.330 e. The van der Waals surface area contributed by atoms with Gasteiger partial charge in [-0.05, 0) is 12.8 Å². The molecular weight excluding hydrogens is 308 g/mol. The number of carbonyl (C=O) groups is 6. The number of imide groups is 2. The first-order chi connectivity index (χ1) is 10.9. The number of hydrogen-bond donors (Lipinski definition) is 0. The van der Waals surface area contributed by atoms with Gasteiger partial charge in [0.15, 0.2) is 0 Å². The van der Waals surface area contributed by atoms with Crippen molar-refractivity contribution in [3.63, 3.8) is 0 Å². The van der Waals surface area contributed by atoms with Crippen molar-refractivity contribution in [3.05, 3.63) is 12.2 Å². The lowest BCUT2D eigenvalue weighted by atomic mass is 10.1. The molecule has 1 unspecified atom stereocenters. The van der Waals surface area contributed by atoms with E-state index < -0.39 is 35.6 Å². The fraction of sp³-hybridized carbons (Fsp3) is 0.429. The molecule has 0 aliphatic carbocycles. The van der Waals surface area contributed by atoms with Crippen LogP contribution in [-0.4, -0.2) is 51.9 Å². The van der Waals surface area contributed by atoms with E-state index in [0.29, 0.717) is 11.3 Å². The molecule has 0 aromatic rings. The monoisotopic (exact) mass is 322 g/mol. The lowest BCUT2D eigenvalue weighted by Crippen LogP contribution is -2.41. The normalized spacial score (nSPS) is 18.8. The van der Waals surface area contributed by atoms with E-state index in [1.54, 1.807) is 0 Å². The molecular formula is C14H14N2O7. The molecule has 0 radical (unpaired) electrons. The molecule has 2 rings (SSSR count). The summed E-state index contributed by atoms with van der Waals surface area (Å²) >= 11 is 0. The third-order valence-corrected chi connectivity index (χ3v) is 3.41. The van der Waals surface area contributed by atoms with E-state index in [0.717, 1.165) is 17.1 Å². The molecule has 2 aliphatic rings. The zero-order valence-corrected chi connectivity index (χ0v) is 12.1. The molecule has 0 aromatic carbocycles. The largest absolute Gasteiger partial charge is 0.333 e. The van der Waals surface area contributed by atoms with Crippen molar-refractivity contribution in [2.24, 2.45) is 0 Å². The van der Waals surface area contributed by atoms with Crippen LogP contribution in [0.1, 0.15) is 32.1 Å². The number of amides is 4. The molecule has 0 bridgehead atoms. The third kappa shape index (κ3) is 3.68. The Hall–Kier alpha value is -2.84.